The van der Waals surface area contributed by atoms with Crippen LogP contribution in [0.3, 0.4) is 0 Å². The second-order valence-electron chi connectivity index (χ2n) is 3.61. The Morgan fingerprint density at radius 2 is 2.14 bits per heavy atom. The van der Waals surface area contributed by atoms with Crippen molar-refractivity contribution >= 4 is 11.6 Å². The first-order chi connectivity index (χ1) is 6.63. The molecule has 1 rings (SSSR count). The van der Waals surface area contributed by atoms with Gasteiger partial charge in [0.2, 0.25) is 0 Å². The van der Waals surface area contributed by atoms with Crippen molar-refractivity contribution in [1.29, 1.82) is 0 Å². The number of likely N-dealkylation sites (N-methyl/N-ethyl adjacent to an activating group) is 1. The molecule has 1 aromatic rings. The third kappa shape index (κ3) is 3.29. The zero-order valence-corrected chi connectivity index (χ0v) is 9.51. The highest BCUT2D eigenvalue weighted by Crippen LogP contribution is 2.16. The maximum atomic E-state index is 5.94. The van der Waals surface area contributed by atoms with Crippen molar-refractivity contribution in [3.05, 3.63) is 34.3 Å². The molecule has 0 aliphatic carbocycles. The number of nitrogens with two attached hydrogens (primary N) is 1. The molecule has 78 valence electrons. The molecule has 0 heterocycles. The van der Waals surface area contributed by atoms with Crippen LogP contribution >= 0.6 is 11.6 Å². The number of hydrogen-bond acceptors (Lipinski definition) is 2. The van der Waals surface area contributed by atoms with E-state index in [1.54, 1.807) is 0 Å². The lowest BCUT2D eigenvalue weighted by atomic mass is 10.1. The van der Waals surface area contributed by atoms with E-state index in [2.05, 4.69) is 24.1 Å². The zero-order chi connectivity index (χ0) is 10.6. The monoisotopic (exact) mass is 212 g/mol. The lowest BCUT2D eigenvalue weighted by molar-refractivity contribution is 0.336. The topological polar surface area (TPSA) is 29.3 Å². The Hall–Kier alpha value is -0.570. The molecule has 0 saturated carbocycles. The Morgan fingerprint density at radius 3 is 2.71 bits per heavy atom. The van der Waals surface area contributed by atoms with Gasteiger partial charge in [-0.25, -0.2) is 0 Å². The van der Waals surface area contributed by atoms with Gasteiger partial charge in [0.25, 0.3) is 0 Å². The van der Waals surface area contributed by atoms with Gasteiger partial charge in [0, 0.05) is 24.7 Å². The van der Waals surface area contributed by atoms with Crippen molar-refractivity contribution in [2.75, 3.05) is 20.1 Å². The van der Waals surface area contributed by atoms with Crippen LogP contribution in [0.15, 0.2) is 18.2 Å². The van der Waals surface area contributed by atoms with Crippen LogP contribution in [-0.2, 0) is 6.54 Å². The minimum absolute atomic E-state index is 0.697. The normalized spacial score (nSPS) is 10.9. The summed E-state index contributed by atoms with van der Waals surface area (Å²) in [6.45, 7) is 4.56. The predicted molar refractivity (Wildman–Crippen MR) is 61.6 cm³/mol. The van der Waals surface area contributed by atoms with Gasteiger partial charge in [0.1, 0.15) is 0 Å². The van der Waals surface area contributed by atoms with Gasteiger partial charge in [0.05, 0.1) is 0 Å². The van der Waals surface area contributed by atoms with Crippen LogP contribution in [0.5, 0.6) is 0 Å². The summed E-state index contributed by atoms with van der Waals surface area (Å²) in [5, 5.41) is 0.829. The lowest BCUT2D eigenvalue weighted by Gasteiger charge is -2.15. The quantitative estimate of drug-likeness (QED) is 0.828. The second-order valence-corrected chi connectivity index (χ2v) is 4.02. The number of benzene rings is 1. The van der Waals surface area contributed by atoms with Gasteiger partial charge in [-0.05, 0) is 31.2 Å². The molecule has 0 fully saturated rings. The van der Waals surface area contributed by atoms with Gasteiger partial charge < -0.3 is 10.6 Å². The van der Waals surface area contributed by atoms with Crippen LogP contribution in [0.2, 0.25) is 5.02 Å². The van der Waals surface area contributed by atoms with E-state index in [0.717, 1.165) is 23.7 Å². The average molecular weight is 213 g/mol. The van der Waals surface area contributed by atoms with E-state index in [4.69, 9.17) is 17.3 Å². The third-order valence-electron chi connectivity index (χ3n) is 2.19. The molecule has 0 bridgehead atoms. The SMILES string of the molecule is Cc1cc(CN(C)CCN)ccc1Cl. The summed E-state index contributed by atoms with van der Waals surface area (Å²) in [5.41, 5.74) is 7.88. The van der Waals surface area contributed by atoms with Crippen LogP contribution in [0.25, 0.3) is 0 Å². The zero-order valence-electron chi connectivity index (χ0n) is 8.76. The predicted octanol–water partition coefficient (Wildman–Crippen LogP) is 2.04. The van der Waals surface area contributed by atoms with Crippen molar-refractivity contribution in [1.82, 2.24) is 4.90 Å². The summed E-state index contributed by atoms with van der Waals surface area (Å²) in [6.07, 6.45) is 0. The molecule has 0 radical (unpaired) electrons. The Balaban J connectivity index is 2.63. The van der Waals surface area contributed by atoms with Crippen molar-refractivity contribution in [2.45, 2.75) is 13.5 Å². The third-order valence-corrected chi connectivity index (χ3v) is 2.61. The van der Waals surface area contributed by atoms with Crippen LogP contribution in [0.1, 0.15) is 11.1 Å². The number of aryl methyl sites for hydroxylation is 1. The molecule has 0 aliphatic rings. The molecule has 1 aromatic carbocycles. The summed E-state index contributed by atoms with van der Waals surface area (Å²) in [6, 6.07) is 6.13. The number of nitrogens with zero attached hydrogens (tertiary/aromatic N) is 1. The molecule has 3 heteroatoms. The Kier molecular flexibility index (Phi) is 4.39. The van der Waals surface area contributed by atoms with Crippen LogP contribution < -0.4 is 5.73 Å². The molecule has 0 unspecified atom stereocenters. The lowest BCUT2D eigenvalue weighted by Crippen LogP contribution is -2.24. The molecule has 0 aliphatic heterocycles. The Bertz CT molecular complexity index is 299. The molecule has 0 spiro atoms. The minimum Gasteiger partial charge on any atom is -0.329 e. The number of halogens is 1. The standard InChI is InChI=1S/C11H17ClN2/c1-9-7-10(3-4-11(9)12)8-14(2)6-5-13/h3-4,7H,5-6,8,13H2,1-2H3. The van der Waals surface area contributed by atoms with Gasteiger partial charge >= 0.3 is 0 Å². The highest BCUT2D eigenvalue weighted by molar-refractivity contribution is 6.31. The summed E-state index contributed by atoms with van der Waals surface area (Å²) >= 11 is 5.94. The molecule has 0 aromatic heterocycles. The fourth-order valence-electron chi connectivity index (χ4n) is 1.42. The van der Waals surface area contributed by atoms with E-state index in [0.29, 0.717) is 6.54 Å². The second kappa shape index (κ2) is 5.35. The summed E-state index contributed by atoms with van der Waals surface area (Å²) in [4.78, 5) is 2.20. The molecule has 14 heavy (non-hydrogen) atoms. The van der Waals surface area contributed by atoms with Crippen LogP contribution in [0.4, 0.5) is 0 Å². The van der Waals surface area contributed by atoms with Crippen LogP contribution in [0, 0.1) is 6.92 Å². The fourth-order valence-corrected chi connectivity index (χ4v) is 1.53. The molecule has 2 N–H and O–H groups in total. The average Bonchev–Trinajstić information content (AvgIpc) is 2.12. The number of hydrogen-bond donors (Lipinski definition) is 1. The Labute approximate surface area is 90.7 Å². The van der Waals surface area contributed by atoms with Gasteiger partial charge in [0.15, 0.2) is 0 Å². The molecule has 2 nitrogen and oxygen atoms in total. The van der Waals surface area contributed by atoms with Gasteiger partial charge in [-0.15, -0.1) is 0 Å². The summed E-state index contributed by atoms with van der Waals surface area (Å²) < 4.78 is 0. The van der Waals surface area contributed by atoms with E-state index in [9.17, 15) is 0 Å². The van der Waals surface area contributed by atoms with Gasteiger partial charge in [-0.3, -0.25) is 0 Å². The van der Waals surface area contributed by atoms with Crippen molar-refractivity contribution in [3.63, 3.8) is 0 Å². The van der Waals surface area contributed by atoms with E-state index >= 15 is 0 Å². The van der Waals surface area contributed by atoms with Crippen molar-refractivity contribution in [3.8, 4) is 0 Å². The van der Waals surface area contributed by atoms with Gasteiger partial charge in [-0.2, -0.15) is 0 Å². The molecular weight excluding hydrogens is 196 g/mol. The maximum absolute atomic E-state index is 5.94. The molecular formula is C11H17ClN2. The molecule has 0 atom stereocenters. The van der Waals surface area contributed by atoms with E-state index in [1.807, 2.05) is 13.0 Å². The summed E-state index contributed by atoms with van der Waals surface area (Å²) in [5.74, 6) is 0. The number of rotatable bonds is 4. The van der Waals surface area contributed by atoms with Crippen LogP contribution in [-0.4, -0.2) is 25.0 Å². The first-order valence-corrected chi connectivity index (χ1v) is 5.15. The van der Waals surface area contributed by atoms with Crippen molar-refractivity contribution in [2.24, 2.45) is 5.73 Å². The van der Waals surface area contributed by atoms with Crippen molar-refractivity contribution < 1.29 is 0 Å². The van der Waals surface area contributed by atoms with E-state index < -0.39 is 0 Å². The smallest absolute Gasteiger partial charge is 0.0435 e. The Morgan fingerprint density at radius 1 is 1.43 bits per heavy atom. The summed E-state index contributed by atoms with van der Waals surface area (Å²) in [7, 11) is 2.07. The van der Waals surface area contributed by atoms with Gasteiger partial charge in [-0.1, -0.05) is 23.7 Å². The maximum Gasteiger partial charge on any atom is 0.0435 e. The highest BCUT2D eigenvalue weighted by Gasteiger charge is 2.01. The first-order valence-electron chi connectivity index (χ1n) is 4.77. The fraction of sp³-hybridized carbons (Fsp3) is 0.455. The molecule has 0 saturated heterocycles. The van der Waals surface area contributed by atoms with E-state index in [1.165, 1.54) is 5.56 Å². The molecule has 0 amide bonds. The highest BCUT2D eigenvalue weighted by atomic mass is 35.5. The minimum atomic E-state index is 0.697. The van der Waals surface area contributed by atoms with E-state index in [-0.39, 0.29) is 0 Å². The first kappa shape index (κ1) is 11.5. The largest absolute Gasteiger partial charge is 0.329 e.